The van der Waals surface area contributed by atoms with E-state index in [2.05, 4.69) is 0 Å². The van der Waals surface area contributed by atoms with Gasteiger partial charge in [-0.1, -0.05) is 17.7 Å². The second-order valence-corrected chi connectivity index (χ2v) is 4.34. The van der Waals surface area contributed by atoms with Gasteiger partial charge in [0.05, 0.1) is 13.5 Å². The predicted octanol–water partition coefficient (Wildman–Crippen LogP) is 2.43. The van der Waals surface area contributed by atoms with E-state index in [1.807, 2.05) is 19.0 Å². The third kappa shape index (κ3) is 3.35. The minimum absolute atomic E-state index is 0.0207. The molecule has 0 aliphatic heterocycles. The van der Waals surface area contributed by atoms with Crippen LogP contribution in [-0.2, 0) is 4.79 Å². The second-order valence-electron chi connectivity index (χ2n) is 3.93. The lowest BCUT2D eigenvalue weighted by Crippen LogP contribution is -2.23. The summed E-state index contributed by atoms with van der Waals surface area (Å²) >= 11 is 6.13. The van der Waals surface area contributed by atoms with Gasteiger partial charge >= 0.3 is 5.97 Å². The van der Waals surface area contributed by atoms with Gasteiger partial charge in [0.2, 0.25) is 0 Å². The van der Waals surface area contributed by atoms with E-state index in [0.717, 1.165) is 0 Å². The first-order chi connectivity index (χ1) is 7.97. The number of aliphatic carboxylic acids is 1. The SMILES string of the molecule is COc1cccc(Cl)c1C(CC(=O)O)N(C)C. The van der Waals surface area contributed by atoms with Gasteiger partial charge in [0, 0.05) is 16.6 Å². The Morgan fingerprint density at radius 2 is 2.18 bits per heavy atom. The van der Waals surface area contributed by atoms with Gasteiger partial charge in [-0.3, -0.25) is 4.79 Å². The third-order valence-electron chi connectivity index (χ3n) is 2.56. The van der Waals surface area contributed by atoms with E-state index >= 15 is 0 Å². The highest BCUT2D eigenvalue weighted by molar-refractivity contribution is 6.31. The van der Waals surface area contributed by atoms with Crippen LogP contribution in [0.3, 0.4) is 0 Å². The number of methoxy groups -OCH3 is 1. The van der Waals surface area contributed by atoms with Crippen molar-refractivity contribution in [3.63, 3.8) is 0 Å². The number of hydrogen-bond donors (Lipinski definition) is 1. The number of nitrogens with zero attached hydrogens (tertiary/aromatic N) is 1. The van der Waals surface area contributed by atoms with E-state index in [9.17, 15) is 4.79 Å². The maximum absolute atomic E-state index is 10.9. The van der Waals surface area contributed by atoms with E-state index < -0.39 is 5.97 Å². The molecule has 5 heteroatoms. The molecule has 4 nitrogen and oxygen atoms in total. The molecular formula is C12H16ClNO3. The van der Waals surface area contributed by atoms with Crippen LogP contribution in [0.25, 0.3) is 0 Å². The fourth-order valence-corrected chi connectivity index (χ4v) is 2.02. The van der Waals surface area contributed by atoms with E-state index in [1.54, 1.807) is 25.3 Å². The van der Waals surface area contributed by atoms with Gasteiger partial charge in [-0.25, -0.2) is 0 Å². The summed E-state index contributed by atoms with van der Waals surface area (Å²) in [6, 6.07) is 4.98. The molecule has 0 amide bonds. The second kappa shape index (κ2) is 5.89. The average molecular weight is 258 g/mol. The molecule has 0 spiro atoms. The Labute approximate surface area is 106 Å². The molecule has 0 aliphatic rings. The van der Waals surface area contributed by atoms with Crippen LogP contribution in [0.1, 0.15) is 18.0 Å². The van der Waals surface area contributed by atoms with Gasteiger partial charge in [-0.15, -0.1) is 0 Å². The molecule has 0 heterocycles. The quantitative estimate of drug-likeness (QED) is 0.880. The van der Waals surface area contributed by atoms with Crippen molar-refractivity contribution < 1.29 is 14.6 Å². The fraction of sp³-hybridized carbons (Fsp3) is 0.417. The summed E-state index contributed by atoms with van der Waals surface area (Å²) in [4.78, 5) is 12.7. The van der Waals surface area contributed by atoms with Crippen molar-refractivity contribution in [1.82, 2.24) is 4.90 Å². The zero-order valence-corrected chi connectivity index (χ0v) is 10.9. The number of hydrogen-bond acceptors (Lipinski definition) is 3. The van der Waals surface area contributed by atoms with E-state index in [4.69, 9.17) is 21.4 Å². The van der Waals surface area contributed by atoms with Gasteiger partial charge in [0.1, 0.15) is 5.75 Å². The lowest BCUT2D eigenvalue weighted by Gasteiger charge is -2.25. The molecule has 0 saturated heterocycles. The topological polar surface area (TPSA) is 49.8 Å². The summed E-state index contributed by atoms with van der Waals surface area (Å²) < 4.78 is 5.23. The minimum atomic E-state index is -0.870. The number of carboxylic acids is 1. The smallest absolute Gasteiger partial charge is 0.305 e. The molecule has 0 fully saturated rings. The van der Waals surface area contributed by atoms with Crippen molar-refractivity contribution in [1.29, 1.82) is 0 Å². The molecule has 1 aromatic carbocycles. The summed E-state index contributed by atoms with van der Waals surface area (Å²) in [6.07, 6.45) is -0.0207. The van der Waals surface area contributed by atoms with Crippen LogP contribution in [0, 0.1) is 0 Å². The predicted molar refractivity (Wildman–Crippen MR) is 66.7 cm³/mol. The first-order valence-electron chi connectivity index (χ1n) is 5.18. The molecule has 1 unspecified atom stereocenters. The van der Waals surface area contributed by atoms with Crippen molar-refractivity contribution >= 4 is 17.6 Å². The van der Waals surface area contributed by atoms with Crippen LogP contribution in [0.15, 0.2) is 18.2 Å². The Hall–Kier alpha value is -1.26. The van der Waals surface area contributed by atoms with Gasteiger partial charge in [0.15, 0.2) is 0 Å². The highest BCUT2D eigenvalue weighted by Gasteiger charge is 2.23. The summed E-state index contributed by atoms with van der Waals surface area (Å²) in [7, 11) is 5.18. The largest absolute Gasteiger partial charge is 0.496 e. The normalized spacial score (nSPS) is 12.5. The fourth-order valence-electron chi connectivity index (χ4n) is 1.73. The van der Waals surface area contributed by atoms with E-state index in [1.165, 1.54) is 0 Å². The van der Waals surface area contributed by atoms with Crippen molar-refractivity contribution in [2.24, 2.45) is 0 Å². The molecule has 1 aromatic rings. The molecule has 0 aliphatic carbocycles. The number of rotatable bonds is 5. The summed E-state index contributed by atoms with van der Waals surface area (Å²) in [5.41, 5.74) is 0.712. The minimum Gasteiger partial charge on any atom is -0.496 e. The van der Waals surface area contributed by atoms with Crippen molar-refractivity contribution in [2.75, 3.05) is 21.2 Å². The summed E-state index contributed by atoms with van der Waals surface area (Å²) in [6.45, 7) is 0. The number of benzene rings is 1. The Morgan fingerprint density at radius 1 is 1.53 bits per heavy atom. The molecule has 0 radical (unpaired) electrons. The zero-order chi connectivity index (χ0) is 13.0. The van der Waals surface area contributed by atoms with Crippen LogP contribution in [0.4, 0.5) is 0 Å². The Kier molecular flexibility index (Phi) is 4.78. The van der Waals surface area contributed by atoms with Crippen LogP contribution in [0.2, 0.25) is 5.02 Å². The lowest BCUT2D eigenvalue weighted by atomic mass is 10.0. The number of carbonyl (C=O) groups is 1. The maximum atomic E-state index is 10.9. The Morgan fingerprint density at radius 3 is 2.65 bits per heavy atom. The highest BCUT2D eigenvalue weighted by Crippen LogP contribution is 2.36. The molecule has 1 atom stereocenters. The van der Waals surface area contributed by atoms with Gasteiger partial charge in [-0.2, -0.15) is 0 Å². The van der Waals surface area contributed by atoms with Crippen molar-refractivity contribution in [2.45, 2.75) is 12.5 Å². The van der Waals surface area contributed by atoms with Gasteiger partial charge in [-0.05, 0) is 26.2 Å². The standard InChI is InChI=1S/C12H16ClNO3/c1-14(2)9(7-11(15)16)12-8(13)5-4-6-10(12)17-3/h4-6,9H,7H2,1-3H3,(H,15,16). The number of ether oxygens (including phenoxy) is 1. The first-order valence-corrected chi connectivity index (χ1v) is 5.55. The van der Waals surface area contributed by atoms with Crippen LogP contribution >= 0.6 is 11.6 Å². The molecule has 17 heavy (non-hydrogen) atoms. The van der Waals surface area contributed by atoms with Crippen LogP contribution in [0.5, 0.6) is 5.75 Å². The number of halogens is 1. The molecule has 94 valence electrons. The van der Waals surface area contributed by atoms with Crippen LogP contribution in [-0.4, -0.2) is 37.2 Å². The molecule has 0 saturated carbocycles. The Bertz CT molecular complexity index is 407. The maximum Gasteiger partial charge on any atom is 0.305 e. The first kappa shape index (κ1) is 13.8. The average Bonchev–Trinajstić information content (AvgIpc) is 2.25. The molecule has 0 aromatic heterocycles. The van der Waals surface area contributed by atoms with E-state index in [-0.39, 0.29) is 12.5 Å². The lowest BCUT2D eigenvalue weighted by molar-refractivity contribution is -0.138. The molecule has 1 N–H and O–H groups in total. The summed E-state index contributed by atoms with van der Waals surface area (Å²) in [5, 5.41) is 9.46. The highest BCUT2D eigenvalue weighted by atomic mass is 35.5. The van der Waals surface area contributed by atoms with E-state index in [0.29, 0.717) is 16.3 Å². The Balaban J connectivity index is 3.21. The zero-order valence-electron chi connectivity index (χ0n) is 10.1. The summed E-state index contributed by atoms with van der Waals surface area (Å²) in [5.74, 6) is -0.261. The van der Waals surface area contributed by atoms with Gasteiger partial charge in [0.25, 0.3) is 0 Å². The van der Waals surface area contributed by atoms with Crippen molar-refractivity contribution in [3.05, 3.63) is 28.8 Å². The number of carboxylic acid groups (broad SMARTS) is 1. The molecule has 1 rings (SSSR count). The molecule has 0 bridgehead atoms. The monoisotopic (exact) mass is 257 g/mol. The van der Waals surface area contributed by atoms with Crippen molar-refractivity contribution in [3.8, 4) is 5.75 Å². The third-order valence-corrected chi connectivity index (χ3v) is 2.89. The van der Waals surface area contributed by atoms with Crippen LogP contribution < -0.4 is 4.74 Å². The molecular weight excluding hydrogens is 242 g/mol. The van der Waals surface area contributed by atoms with Gasteiger partial charge < -0.3 is 14.7 Å².